The standard InChI is InChI=1S/C11H15NO5S2/c13-9-4-2-1-3-8(9)12-19(16,17)7-5-10(11(14)15)18-6-7/h5-6,8-9,12-13H,1-4H2,(H,14,15)/t8-,9-/m1/s1. The quantitative estimate of drug-likeness (QED) is 0.770. The normalized spacial score (nSPS) is 24.3. The molecular weight excluding hydrogens is 290 g/mol. The summed E-state index contributed by atoms with van der Waals surface area (Å²) in [6.45, 7) is 0. The maximum atomic E-state index is 12.1. The van der Waals surface area contributed by atoms with Crippen molar-refractivity contribution in [1.29, 1.82) is 0 Å². The summed E-state index contributed by atoms with van der Waals surface area (Å²) in [7, 11) is -3.77. The van der Waals surface area contributed by atoms with Gasteiger partial charge in [-0.1, -0.05) is 12.8 Å². The van der Waals surface area contributed by atoms with Crippen LogP contribution in [0.25, 0.3) is 0 Å². The lowest BCUT2D eigenvalue weighted by Crippen LogP contribution is -2.44. The van der Waals surface area contributed by atoms with Crippen molar-refractivity contribution in [3.63, 3.8) is 0 Å². The molecule has 1 aliphatic carbocycles. The van der Waals surface area contributed by atoms with E-state index in [1.54, 1.807) is 0 Å². The summed E-state index contributed by atoms with van der Waals surface area (Å²) in [5.74, 6) is -1.15. The van der Waals surface area contributed by atoms with E-state index in [0.717, 1.165) is 30.2 Å². The van der Waals surface area contributed by atoms with Gasteiger partial charge in [0.15, 0.2) is 0 Å². The molecule has 2 atom stereocenters. The minimum Gasteiger partial charge on any atom is -0.477 e. The summed E-state index contributed by atoms with van der Waals surface area (Å²) in [6.07, 6.45) is 2.25. The van der Waals surface area contributed by atoms with E-state index in [-0.39, 0.29) is 9.77 Å². The highest BCUT2D eigenvalue weighted by molar-refractivity contribution is 7.89. The average Bonchev–Trinajstić information content (AvgIpc) is 2.82. The van der Waals surface area contributed by atoms with E-state index in [1.807, 2.05) is 0 Å². The van der Waals surface area contributed by atoms with Gasteiger partial charge in [-0.2, -0.15) is 0 Å². The number of hydrogen-bond acceptors (Lipinski definition) is 5. The summed E-state index contributed by atoms with van der Waals surface area (Å²) >= 11 is 0.866. The Hall–Kier alpha value is -0.960. The molecule has 1 saturated carbocycles. The van der Waals surface area contributed by atoms with Gasteiger partial charge in [-0.05, 0) is 18.9 Å². The lowest BCUT2D eigenvalue weighted by atomic mass is 9.93. The molecule has 0 bridgehead atoms. The second-order valence-corrected chi connectivity index (χ2v) is 7.16. The minimum absolute atomic E-state index is 0.0235. The Kier molecular flexibility index (Phi) is 4.24. The number of carbonyl (C=O) groups is 1. The molecule has 1 fully saturated rings. The van der Waals surface area contributed by atoms with Gasteiger partial charge < -0.3 is 10.2 Å². The Balaban J connectivity index is 2.15. The van der Waals surface area contributed by atoms with Crippen LogP contribution in [0, 0.1) is 0 Å². The molecule has 106 valence electrons. The molecule has 0 radical (unpaired) electrons. The number of carboxylic acids is 1. The molecule has 1 aliphatic rings. The summed E-state index contributed by atoms with van der Waals surface area (Å²) in [4.78, 5) is 10.7. The molecule has 0 unspecified atom stereocenters. The van der Waals surface area contributed by atoms with Crippen molar-refractivity contribution in [3.05, 3.63) is 16.3 Å². The van der Waals surface area contributed by atoms with E-state index in [0.29, 0.717) is 12.8 Å². The van der Waals surface area contributed by atoms with E-state index in [4.69, 9.17) is 5.11 Å². The van der Waals surface area contributed by atoms with Crippen LogP contribution in [-0.2, 0) is 10.0 Å². The Labute approximate surface area is 115 Å². The lowest BCUT2D eigenvalue weighted by molar-refractivity contribution is 0.0702. The molecule has 0 saturated heterocycles. The lowest BCUT2D eigenvalue weighted by Gasteiger charge is -2.27. The first kappa shape index (κ1) is 14.4. The van der Waals surface area contributed by atoms with Gasteiger partial charge in [0.05, 0.1) is 11.0 Å². The topological polar surface area (TPSA) is 104 Å². The van der Waals surface area contributed by atoms with Gasteiger partial charge in [-0.3, -0.25) is 0 Å². The van der Waals surface area contributed by atoms with E-state index in [1.165, 1.54) is 5.38 Å². The molecule has 0 spiro atoms. The van der Waals surface area contributed by atoms with E-state index < -0.39 is 28.1 Å². The van der Waals surface area contributed by atoms with Crippen LogP contribution in [0.4, 0.5) is 0 Å². The zero-order valence-corrected chi connectivity index (χ0v) is 11.7. The van der Waals surface area contributed by atoms with E-state index in [9.17, 15) is 18.3 Å². The number of nitrogens with one attached hydrogen (secondary N) is 1. The first-order chi connectivity index (χ1) is 8.90. The highest BCUT2D eigenvalue weighted by atomic mass is 32.2. The maximum Gasteiger partial charge on any atom is 0.345 e. The van der Waals surface area contributed by atoms with Gasteiger partial charge in [0.1, 0.15) is 4.88 Å². The summed E-state index contributed by atoms with van der Waals surface area (Å²) < 4.78 is 26.6. The summed E-state index contributed by atoms with van der Waals surface area (Å²) in [5.41, 5.74) is 0. The van der Waals surface area contributed by atoms with Gasteiger partial charge in [0.25, 0.3) is 0 Å². The van der Waals surface area contributed by atoms with Crippen LogP contribution in [0.1, 0.15) is 35.4 Å². The highest BCUT2D eigenvalue weighted by Crippen LogP contribution is 2.23. The second kappa shape index (κ2) is 5.58. The largest absolute Gasteiger partial charge is 0.477 e. The monoisotopic (exact) mass is 305 g/mol. The van der Waals surface area contributed by atoms with Gasteiger partial charge in [0.2, 0.25) is 10.0 Å². The zero-order chi connectivity index (χ0) is 14.0. The number of aliphatic hydroxyl groups excluding tert-OH is 1. The molecule has 0 amide bonds. The number of sulfonamides is 1. The second-order valence-electron chi connectivity index (χ2n) is 4.53. The molecule has 6 nitrogen and oxygen atoms in total. The van der Waals surface area contributed by atoms with Crippen molar-refractivity contribution >= 4 is 27.3 Å². The molecule has 1 aromatic heterocycles. The third-order valence-electron chi connectivity index (χ3n) is 3.13. The van der Waals surface area contributed by atoms with Gasteiger partial charge in [0, 0.05) is 11.4 Å². The van der Waals surface area contributed by atoms with Gasteiger partial charge in [-0.25, -0.2) is 17.9 Å². The van der Waals surface area contributed by atoms with Crippen LogP contribution in [0.3, 0.4) is 0 Å². The smallest absolute Gasteiger partial charge is 0.345 e. The molecule has 2 rings (SSSR count). The van der Waals surface area contributed by atoms with E-state index >= 15 is 0 Å². The van der Waals surface area contributed by atoms with Crippen LogP contribution in [0.5, 0.6) is 0 Å². The minimum atomic E-state index is -3.77. The molecule has 0 aliphatic heterocycles. The van der Waals surface area contributed by atoms with Crippen molar-refractivity contribution in [2.24, 2.45) is 0 Å². The van der Waals surface area contributed by atoms with Crippen molar-refractivity contribution < 1.29 is 23.4 Å². The maximum absolute atomic E-state index is 12.1. The SMILES string of the molecule is O=C(O)c1cc(S(=O)(=O)N[C@@H]2CCCC[C@H]2O)cs1. The van der Waals surface area contributed by atoms with Crippen molar-refractivity contribution in [1.82, 2.24) is 4.72 Å². The van der Waals surface area contributed by atoms with Gasteiger partial charge in [-0.15, -0.1) is 11.3 Å². The third-order valence-corrected chi connectivity index (χ3v) is 5.67. The fraction of sp³-hybridized carbons (Fsp3) is 0.545. The number of thiophene rings is 1. The van der Waals surface area contributed by atoms with Crippen molar-refractivity contribution in [2.45, 2.75) is 42.7 Å². The summed E-state index contributed by atoms with van der Waals surface area (Å²) in [5, 5.41) is 19.8. The molecular formula is C11H15NO5S2. The van der Waals surface area contributed by atoms with Crippen molar-refractivity contribution in [2.75, 3.05) is 0 Å². The van der Waals surface area contributed by atoms with Crippen LogP contribution < -0.4 is 4.72 Å². The Morgan fingerprint density at radius 1 is 1.37 bits per heavy atom. The summed E-state index contributed by atoms with van der Waals surface area (Å²) in [6, 6.07) is 0.636. The molecule has 1 aromatic rings. The number of aromatic carboxylic acids is 1. The fourth-order valence-electron chi connectivity index (χ4n) is 2.09. The molecule has 0 aromatic carbocycles. The first-order valence-electron chi connectivity index (χ1n) is 5.92. The van der Waals surface area contributed by atoms with Gasteiger partial charge >= 0.3 is 5.97 Å². The Morgan fingerprint density at radius 3 is 2.63 bits per heavy atom. The molecule has 19 heavy (non-hydrogen) atoms. The fourth-order valence-corrected chi connectivity index (χ4v) is 4.50. The van der Waals surface area contributed by atoms with Crippen LogP contribution in [0.15, 0.2) is 16.3 Å². The number of rotatable bonds is 4. The predicted octanol–water partition coefficient (Wildman–Crippen LogP) is 1.03. The van der Waals surface area contributed by atoms with E-state index in [2.05, 4.69) is 4.72 Å². The first-order valence-corrected chi connectivity index (χ1v) is 8.28. The van der Waals surface area contributed by atoms with Crippen LogP contribution >= 0.6 is 11.3 Å². The van der Waals surface area contributed by atoms with Crippen LogP contribution in [-0.4, -0.2) is 36.7 Å². The molecule has 3 N–H and O–H groups in total. The number of carboxylic acid groups (broad SMARTS) is 1. The molecule has 8 heteroatoms. The molecule has 1 heterocycles. The number of hydrogen-bond donors (Lipinski definition) is 3. The number of aliphatic hydroxyl groups is 1. The highest BCUT2D eigenvalue weighted by Gasteiger charge is 2.28. The Bertz CT molecular complexity index is 565. The van der Waals surface area contributed by atoms with Crippen LogP contribution in [0.2, 0.25) is 0 Å². The zero-order valence-electron chi connectivity index (χ0n) is 10.1. The van der Waals surface area contributed by atoms with Crippen molar-refractivity contribution in [3.8, 4) is 0 Å². The predicted molar refractivity (Wildman–Crippen MR) is 69.9 cm³/mol. The Morgan fingerprint density at radius 2 is 2.05 bits per heavy atom. The third kappa shape index (κ3) is 3.33. The average molecular weight is 305 g/mol.